The van der Waals surface area contributed by atoms with Crippen LogP contribution in [0.5, 0.6) is 5.88 Å². The molecule has 0 spiro atoms. The Morgan fingerprint density at radius 2 is 2.09 bits per heavy atom. The van der Waals surface area contributed by atoms with Crippen molar-refractivity contribution < 1.29 is 14.2 Å². The summed E-state index contributed by atoms with van der Waals surface area (Å²) in [5.41, 5.74) is 6.39. The van der Waals surface area contributed by atoms with Crippen molar-refractivity contribution in [3.05, 3.63) is 5.82 Å². The van der Waals surface area contributed by atoms with E-state index in [9.17, 15) is 0 Å². The molecule has 1 aliphatic rings. The molecule has 124 valence electrons. The van der Waals surface area contributed by atoms with Gasteiger partial charge in [0.15, 0.2) is 11.6 Å². The second-order valence-corrected chi connectivity index (χ2v) is 6.37. The number of hydrogen-bond acceptors (Lipinski definition) is 7. The molecule has 0 radical (unpaired) electrons. The van der Waals surface area contributed by atoms with Crippen molar-refractivity contribution in [2.24, 2.45) is 0 Å². The molecule has 1 atom stereocenters. The van der Waals surface area contributed by atoms with Crippen molar-refractivity contribution in [2.45, 2.75) is 45.3 Å². The molecule has 0 aliphatic carbocycles. The van der Waals surface area contributed by atoms with Gasteiger partial charge in [-0.3, -0.25) is 0 Å². The summed E-state index contributed by atoms with van der Waals surface area (Å²) in [6.07, 6.45) is 1.84. The van der Waals surface area contributed by atoms with E-state index in [1.165, 1.54) is 0 Å². The third-order valence-corrected chi connectivity index (χ3v) is 3.17. The zero-order valence-electron chi connectivity index (χ0n) is 13.8. The van der Waals surface area contributed by atoms with E-state index in [0.717, 1.165) is 19.4 Å². The fraction of sp³-hybridized carbons (Fsp3) is 0.733. The van der Waals surface area contributed by atoms with Gasteiger partial charge >= 0.3 is 0 Å². The topological polar surface area (TPSA) is 91.5 Å². The molecule has 3 N–H and O–H groups in total. The third kappa shape index (κ3) is 4.45. The van der Waals surface area contributed by atoms with Crippen LogP contribution in [0.25, 0.3) is 0 Å². The van der Waals surface area contributed by atoms with E-state index in [-0.39, 0.29) is 11.6 Å². The summed E-state index contributed by atoms with van der Waals surface area (Å²) in [6, 6.07) is 0. The molecule has 1 saturated heterocycles. The Bertz CT molecular complexity index is 496. The van der Waals surface area contributed by atoms with Gasteiger partial charge in [0.05, 0.1) is 6.61 Å². The van der Waals surface area contributed by atoms with Gasteiger partial charge in [-0.15, -0.1) is 0 Å². The number of nitrogens with zero attached hydrogens (tertiary/aromatic N) is 2. The first-order valence-electron chi connectivity index (χ1n) is 7.59. The molecule has 0 bridgehead atoms. The van der Waals surface area contributed by atoms with Crippen LogP contribution < -0.4 is 15.8 Å². The number of ether oxygens (including phenoxy) is 3. The first-order valence-corrected chi connectivity index (χ1v) is 7.59. The smallest absolute Gasteiger partial charge is 0.243 e. The molecule has 7 nitrogen and oxygen atoms in total. The van der Waals surface area contributed by atoms with Gasteiger partial charge in [0.25, 0.3) is 0 Å². The molecular weight excluding hydrogens is 284 g/mol. The molecule has 1 aromatic heterocycles. The van der Waals surface area contributed by atoms with Gasteiger partial charge in [-0.25, -0.2) is 4.98 Å². The Labute approximate surface area is 131 Å². The van der Waals surface area contributed by atoms with Crippen molar-refractivity contribution in [2.75, 3.05) is 38.0 Å². The Morgan fingerprint density at radius 3 is 2.68 bits per heavy atom. The van der Waals surface area contributed by atoms with Gasteiger partial charge in [-0.2, -0.15) is 4.98 Å². The van der Waals surface area contributed by atoms with Crippen LogP contribution in [0.4, 0.5) is 11.5 Å². The first-order chi connectivity index (χ1) is 10.4. The van der Waals surface area contributed by atoms with Gasteiger partial charge in [-0.05, 0) is 33.6 Å². The predicted molar refractivity (Wildman–Crippen MR) is 85.1 cm³/mol. The Hall–Kier alpha value is -1.60. The number of hydrogen-bond donors (Lipinski definition) is 2. The zero-order valence-corrected chi connectivity index (χ0v) is 13.8. The maximum absolute atomic E-state index is 6.15. The normalized spacial score (nSPS) is 18.5. The van der Waals surface area contributed by atoms with Crippen LogP contribution in [0, 0.1) is 0 Å². The molecule has 1 aliphatic heterocycles. The zero-order chi connectivity index (χ0) is 16.2. The van der Waals surface area contributed by atoms with Crippen LogP contribution >= 0.6 is 0 Å². The van der Waals surface area contributed by atoms with Crippen LogP contribution in [0.2, 0.25) is 0 Å². The monoisotopic (exact) mass is 310 g/mol. The lowest BCUT2D eigenvalue weighted by molar-refractivity contribution is 0.103. The van der Waals surface area contributed by atoms with Crippen molar-refractivity contribution in [3.8, 4) is 5.88 Å². The molecule has 0 amide bonds. The fourth-order valence-corrected chi connectivity index (χ4v) is 2.17. The Morgan fingerprint density at radius 1 is 1.32 bits per heavy atom. The van der Waals surface area contributed by atoms with E-state index in [1.807, 2.05) is 20.8 Å². The number of nitrogen functional groups attached to an aromatic ring is 1. The average Bonchev–Trinajstić information content (AvgIpc) is 2.95. The summed E-state index contributed by atoms with van der Waals surface area (Å²) in [5, 5.41) is 3.30. The van der Waals surface area contributed by atoms with Gasteiger partial charge < -0.3 is 25.3 Å². The SMILES string of the molecule is COCCOc1nc(C2CCCO2)nc(NC(C)(C)C)c1N. The van der Waals surface area contributed by atoms with Gasteiger partial charge in [0.1, 0.15) is 18.4 Å². The molecule has 1 unspecified atom stereocenters. The molecule has 0 aromatic carbocycles. The van der Waals surface area contributed by atoms with E-state index in [1.54, 1.807) is 7.11 Å². The number of nitrogens with one attached hydrogen (secondary N) is 1. The molecule has 7 heteroatoms. The van der Waals surface area contributed by atoms with Crippen LogP contribution in [0.15, 0.2) is 0 Å². The summed E-state index contributed by atoms with van der Waals surface area (Å²) in [6.45, 7) is 7.74. The van der Waals surface area contributed by atoms with E-state index in [4.69, 9.17) is 19.9 Å². The molecule has 22 heavy (non-hydrogen) atoms. The van der Waals surface area contributed by atoms with E-state index < -0.39 is 0 Å². The minimum Gasteiger partial charge on any atom is -0.474 e. The number of anilines is 2. The maximum Gasteiger partial charge on any atom is 0.243 e. The molecule has 1 fully saturated rings. The van der Waals surface area contributed by atoms with Crippen molar-refractivity contribution in [1.29, 1.82) is 0 Å². The van der Waals surface area contributed by atoms with E-state index in [2.05, 4.69) is 15.3 Å². The average molecular weight is 310 g/mol. The predicted octanol–water partition coefficient (Wildman–Crippen LogP) is 2.15. The summed E-state index contributed by atoms with van der Waals surface area (Å²) in [4.78, 5) is 8.98. The molecule has 0 saturated carbocycles. The largest absolute Gasteiger partial charge is 0.474 e. The molecule has 2 heterocycles. The maximum atomic E-state index is 6.15. The summed E-state index contributed by atoms with van der Waals surface area (Å²) < 4.78 is 16.3. The first kappa shape index (κ1) is 16.8. The molecule has 1 aromatic rings. The van der Waals surface area contributed by atoms with Gasteiger partial charge in [-0.1, -0.05) is 0 Å². The summed E-state index contributed by atoms with van der Waals surface area (Å²) in [5.74, 6) is 1.58. The summed E-state index contributed by atoms with van der Waals surface area (Å²) in [7, 11) is 1.62. The quantitative estimate of drug-likeness (QED) is 0.778. The molecule has 2 rings (SSSR count). The lowest BCUT2D eigenvalue weighted by Crippen LogP contribution is -2.28. The minimum atomic E-state index is -0.167. The highest BCUT2D eigenvalue weighted by Gasteiger charge is 2.25. The molecular formula is C15H26N4O3. The number of rotatable bonds is 6. The number of aromatic nitrogens is 2. The minimum absolute atomic E-state index is 0.0918. The van der Waals surface area contributed by atoms with Crippen molar-refractivity contribution in [3.63, 3.8) is 0 Å². The summed E-state index contributed by atoms with van der Waals surface area (Å²) >= 11 is 0. The lowest BCUT2D eigenvalue weighted by Gasteiger charge is -2.24. The van der Waals surface area contributed by atoms with Crippen LogP contribution in [0.3, 0.4) is 0 Å². The van der Waals surface area contributed by atoms with Gasteiger partial charge in [0.2, 0.25) is 5.88 Å². The highest BCUT2D eigenvalue weighted by Crippen LogP contribution is 2.33. The second kappa shape index (κ2) is 7.11. The van der Waals surface area contributed by atoms with Crippen LogP contribution in [-0.2, 0) is 9.47 Å². The fourth-order valence-electron chi connectivity index (χ4n) is 2.17. The standard InChI is InChI=1S/C15H26N4O3/c1-15(2,3)19-13-11(16)14(22-9-8-20-4)18-12(17-13)10-6-5-7-21-10/h10H,5-9,16H2,1-4H3,(H,17,18,19). The Kier molecular flexibility index (Phi) is 5.42. The second-order valence-electron chi connectivity index (χ2n) is 6.37. The highest BCUT2D eigenvalue weighted by atomic mass is 16.5. The van der Waals surface area contributed by atoms with Crippen molar-refractivity contribution in [1.82, 2.24) is 9.97 Å². The van der Waals surface area contributed by atoms with Crippen LogP contribution in [0.1, 0.15) is 45.5 Å². The number of nitrogens with two attached hydrogens (primary N) is 1. The third-order valence-electron chi connectivity index (χ3n) is 3.17. The Balaban J connectivity index is 2.29. The lowest BCUT2D eigenvalue weighted by atomic mass is 10.1. The van der Waals surface area contributed by atoms with Crippen molar-refractivity contribution >= 4 is 11.5 Å². The number of methoxy groups -OCH3 is 1. The van der Waals surface area contributed by atoms with Crippen LogP contribution in [-0.4, -0.2) is 42.4 Å². The van der Waals surface area contributed by atoms with E-state index >= 15 is 0 Å². The highest BCUT2D eigenvalue weighted by molar-refractivity contribution is 5.67. The van der Waals surface area contributed by atoms with Gasteiger partial charge in [0, 0.05) is 19.3 Å². The van der Waals surface area contributed by atoms with E-state index in [0.29, 0.717) is 36.4 Å².